The lowest BCUT2D eigenvalue weighted by molar-refractivity contribution is -0.139. The summed E-state index contributed by atoms with van der Waals surface area (Å²) in [5, 5.41) is 12.0. The molecule has 2 atom stereocenters. The van der Waals surface area contributed by atoms with Crippen molar-refractivity contribution in [3.8, 4) is 5.75 Å². The van der Waals surface area contributed by atoms with Gasteiger partial charge in [-0.2, -0.15) is 0 Å². The van der Waals surface area contributed by atoms with Crippen molar-refractivity contribution >= 4 is 18.0 Å². The van der Waals surface area contributed by atoms with Crippen LogP contribution in [0, 0.1) is 5.92 Å². The van der Waals surface area contributed by atoms with E-state index in [1.807, 2.05) is 13.8 Å². The molecular weight excluding hydrogens is 378 g/mol. The summed E-state index contributed by atoms with van der Waals surface area (Å²) < 4.78 is 10.4. The van der Waals surface area contributed by atoms with Gasteiger partial charge < -0.3 is 30.5 Å². The number of amides is 2. The van der Waals surface area contributed by atoms with E-state index in [2.05, 4.69) is 5.32 Å². The first kappa shape index (κ1) is 22.6. The van der Waals surface area contributed by atoms with E-state index in [-0.39, 0.29) is 12.3 Å². The molecule has 9 nitrogen and oxygen atoms in total. The first-order valence-corrected chi connectivity index (χ1v) is 9.68. The number of hydrogen-bond donors (Lipinski definition) is 3. The highest BCUT2D eigenvalue weighted by atomic mass is 16.5. The van der Waals surface area contributed by atoms with Gasteiger partial charge in [0.1, 0.15) is 17.8 Å². The summed E-state index contributed by atoms with van der Waals surface area (Å²) >= 11 is 0. The van der Waals surface area contributed by atoms with E-state index in [4.69, 9.17) is 15.2 Å². The van der Waals surface area contributed by atoms with Crippen molar-refractivity contribution in [2.45, 2.75) is 38.8 Å². The van der Waals surface area contributed by atoms with E-state index in [0.29, 0.717) is 44.0 Å². The molecule has 0 spiro atoms. The normalized spacial score (nSPS) is 16.2. The number of carbonyl (C=O) groups is 3. The molecule has 29 heavy (non-hydrogen) atoms. The van der Waals surface area contributed by atoms with Gasteiger partial charge in [0, 0.05) is 19.5 Å². The number of urea groups is 1. The number of carbonyl (C=O) groups excluding carboxylic acids is 2. The number of hydrogen-bond acceptors (Lipinski definition) is 6. The summed E-state index contributed by atoms with van der Waals surface area (Å²) in [6, 6.07) is 4.29. The second-order valence-electron chi connectivity index (χ2n) is 7.44. The number of morpholine rings is 1. The summed E-state index contributed by atoms with van der Waals surface area (Å²) in [6.07, 6.45) is 0.632. The van der Waals surface area contributed by atoms with Gasteiger partial charge in [0.25, 0.3) is 0 Å². The van der Waals surface area contributed by atoms with Crippen LogP contribution >= 0.6 is 0 Å². The molecule has 1 aromatic carbocycles. The number of nitrogens with one attached hydrogen (secondary N) is 1. The van der Waals surface area contributed by atoms with Crippen molar-refractivity contribution in [1.82, 2.24) is 10.2 Å². The summed E-state index contributed by atoms with van der Waals surface area (Å²) in [4.78, 5) is 37.3. The fraction of sp³-hybridized carbons (Fsp3) is 0.550. The molecule has 0 saturated carbocycles. The first-order valence-electron chi connectivity index (χ1n) is 9.68. The van der Waals surface area contributed by atoms with Gasteiger partial charge in [-0.15, -0.1) is 0 Å². The maximum Gasteiger partial charge on any atom is 0.328 e. The number of nitrogens with two attached hydrogens (primary N) is 1. The lowest BCUT2D eigenvalue weighted by atomic mass is 10.0. The molecule has 0 aromatic heterocycles. The average molecular weight is 407 g/mol. The molecule has 9 heteroatoms. The highest BCUT2D eigenvalue weighted by Crippen LogP contribution is 2.15. The second kappa shape index (κ2) is 10.8. The molecule has 1 fully saturated rings. The minimum absolute atomic E-state index is 0.104. The smallest absolute Gasteiger partial charge is 0.328 e. The van der Waals surface area contributed by atoms with Crippen LogP contribution in [0.1, 0.15) is 25.8 Å². The zero-order valence-electron chi connectivity index (χ0n) is 16.8. The van der Waals surface area contributed by atoms with E-state index in [9.17, 15) is 19.5 Å². The zero-order chi connectivity index (χ0) is 21.4. The molecule has 1 aliphatic heterocycles. The average Bonchev–Trinajstić information content (AvgIpc) is 2.68. The molecule has 1 aromatic rings. The van der Waals surface area contributed by atoms with Crippen LogP contribution in [0.3, 0.4) is 0 Å². The van der Waals surface area contributed by atoms with E-state index in [1.54, 1.807) is 24.3 Å². The minimum Gasteiger partial charge on any atom is -0.480 e. The Bertz CT molecular complexity index is 701. The minimum atomic E-state index is -1.12. The number of benzene rings is 1. The van der Waals surface area contributed by atoms with Crippen LogP contribution in [0.2, 0.25) is 0 Å². The maximum atomic E-state index is 12.2. The van der Waals surface area contributed by atoms with Gasteiger partial charge in [-0.1, -0.05) is 26.0 Å². The standard InChI is InChI=1S/C20H29N3O6/c1-13(2)11-16(21)19(26)29-15-5-3-14(4-6-15)12-17(18(24)25)22-20(27)23-7-9-28-10-8-23/h3-6,13,16-17H,7-12,21H2,1-2H3,(H,22,27)(H,24,25)/t16-,17-/m0/s1. The SMILES string of the molecule is CC(C)C[C@H](N)C(=O)Oc1ccc(C[C@H](NC(=O)N2CCOCC2)C(=O)O)cc1. The Balaban J connectivity index is 1.92. The van der Waals surface area contributed by atoms with Crippen molar-refractivity contribution < 1.29 is 29.0 Å². The van der Waals surface area contributed by atoms with Crippen molar-refractivity contribution in [1.29, 1.82) is 0 Å². The van der Waals surface area contributed by atoms with Crippen LogP contribution in [0.25, 0.3) is 0 Å². The molecule has 2 amide bonds. The first-order chi connectivity index (χ1) is 13.8. The number of esters is 1. The molecule has 1 saturated heterocycles. The highest BCUT2D eigenvalue weighted by molar-refractivity contribution is 5.83. The van der Waals surface area contributed by atoms with Gasteiger partial charge in [-0.3, -0.25) is 0 Å². The molecular formula is C20H29N3O6. The molecule has 0 unspecified atom stereocenters. The third kappa shape index (κ3) is 7.35. The van der Waals surface area contributed by atoms with Gasteiger partial charge in [0.05, 0.1) is 13.2 Å². The Morgan fingerprint density at radius 3 is 2.38 bits per heavy atom. The molecule has 0 aliphatic carbocycles. The summed E-state index contributed by atoms with van der Waals surface area (Å²) in [7, 11) is 0. The van der Waals surface area contributed by atoms with Gasteiger partial charge in [-0.05, 0) is 30.0 Å². The molecule has 1 heterocycles. The van der Waals surface area contributed by atoms with E-state index in [1.165, 1.54) is 4.90 Å². The van der Waals surface area contributed by atoms with E-state index in [0.717, 1.165) is 0 Å². The van der Waals surface area contributed by atoms with Crippen molar-refractivity contribution in [2.24, 2.45) is 11.7 Å². The van der Waals surface area contributed by atoms with Gasteiger partial charge in [0.15, 0.2) is 0 Å². The van der Waals surface area contributed by atoms with Crippen LogP contribution in [0.4, 0.5) is 4.79 Å². The Morgan fingerprint density at radius 2 is 1.83 bits per heavy atom. The lowest BCUT2D eigenvalue weighted by Gasteiger charge is -2.28. The molecule has 4 N–H and O–H groups in total. The number of ether oxygens (including phenoxy) is 2. The fourth-order valence-corrected chi connectivity index (χ4v) is 2.93. The lowest BCUT2D eigenvalue weighted by Crippen LogP contribution is -2.51. The summed E-state index contributed by atoms with van der Waals surface area (Å²) in [5.74, 6) is -1.02. The Hall–Kier alpha value is -2.65. The number of rotatable bonds is 8. The van der Waals surface area contributed by atoms with E-state index >= 15 is 0 Å². The topological polar surface area (TPSA) is 131 Å². The molecule has 160 valence electrons. The highest BCUT2D eigenvalue weighted by Gasteiger charge is 2.25. The number of aliphatic carboxylic acids is 1. The predicted molar refractivity (Wildman–Crippen MR) is 106 cm³/mol. The van der Waals surface area contributed by atoms with Crippen molar-refractivity contribution in [3.63, 3.8) is 0 Å². The van der Waals surface area contributed by atoms with Crippen molar-refractivity contribution in [2.75, 3.05) is 26.3 Å². The van der Waals surface area contributed by atoms with Gasteiger partial charge in [0.2, 0.25) is 0 Å². The largest absolute Gasteiger partial charge is 0.480 e. The second-order valence-corrected chi connectivity index (χ2v) is 7.44. The maximum absolute atomic E-state index is 12.2. The van der Waals surface area contributed by atoms with Crippen LogP contribution in [0.15, 0.2) is 24.3 Å². The third-order valence-electron chi connectivity index (χ3n) is 4.50. The van der Waals surface area contributed by atoms with Crippen LogP contribution < -0.4 is 15.8 Å². The Labute approximate surface area is 170 Å². The number of carboxylic acids is 1. The number of carboxylic acid groups (broad SMARTS) is 1. The van der Waals surface area contributed by atoms with Crippen LogP contribution in [0.5, 0.6) is 5.75 Å². The molecule has 0 bridgehead atoms. The van der Waals surface area contributed by atoms with Crippen LogP contribution in [-0.4, -0.2) is 66.4 Å². The fourth-order valence-electron chi connectivity index (χ4n) is 2.93. The molecule has 0 radical (unpaired) electrons. The van der Waals surface area contributed by atoms with Gasteiger partial charge in [-0.25, -0.2) is 14.4 Å². The quantitative estimate of drug-likeness (QED) is 0.433. The Kier molecular flexibility index (Phi) is 8.41. The summed E-state index contributed by atoms with van der Waals surface area (Å²) in [6.45, 7) is 5.67. The predicted octanol–water partition coefficient (Wildman–Crippen LogP) is 1.00. The van der Waals surface area contributed by atoms with E-state index < -0.39 is 30.1 Å². The zero-order valence-corrected chi connectivity index (χ0v) is 16.8. The number of nitrogens with zero attached hydrogens (tertiary/aromatic N) is 1. The third-order valence-corrected chi connectivity index (χ3v) is 4.50. The monoisotopic (exact) mass is 407 g/mol. The van der Waals surface area contributed by atoms with Crippen LogP contribution in [-0.2, 0) is 20.7 Å². The molecule has 1 aliphatic rings. The molecule has 2 rings (SSSR count). The van der Waals surface area contributed by atoms with Gasteiger partial charge >= 0.3 is 18.0 Å². The van der Waals surface area contributed by atoms with Crippen molar-refractivity contribution in [3.05, 3.63) is 29.8 Å². The summed E-state index contributed by atoms with van der Waals surface area (Å²) in [5.41, 5.74) is 6.50. The Morgan fingerprint density at radius 1 is 1.21 bits per heavy atom.